The lowest BCUT2D eigenvalue weighted by Gasteiger charge is -2.36. The van der Waals surface area contributed by atoms with Gasteiger partial charge in [-0.1, -0.05) is 0 Å². The number of rotatable bonds is 5. The fourth-order valence-corrected chi connectivity index (χ4v) is 2.73. The third-order valence-electron chi connectivity index (χ3n) is 4.00. The lowest BCUT2D eigenvalue weighted by Crippen LogP contribution is -2.45. The van der Waals surface area contributed by atoms with E-state index in [1.165, 1.54) is 0 Å². The Hall–Kier alpha value is -1.63. The van der Waals surface area contributed by atoms with Gasteiger partial charge in [-0.15, -0.1) is 0 Å². The first kappa shape index (κ1) is 14.3. The molecule has 0 radical (unpaired) electrons. The van der Waals surface area contributed by atoms with Crippen molar-refractivity contribution in [3.8, 4) is 0 Å². The van der Waals surface area contributed by atoms with Crippen LogP contribution >= 0.6 is 0 Å². The van der Waals surface area contributed by atoms with Crippen molar-refractivity contribution in [2.75, 3.05) is 19.8 Å². The number of morpholine rings is 1. The van der Waals surface area contributed by atoms with Crippen LogP contribution in [-0.4, -0.2) is 45.6 Å². The lowest BCUT2D eigenvalue weighted by atomic mass is 10.1. The van der Waals surface area contributed by atoms with Crippen LogP contribution < -0.4 is 0 Å². The fourth-order valence-electron chi connectivity index (χ4n) is 2.73. The van der Waals surface area contributed by atoms with Crippen LogP contribution in [0.2, 0.25) is 0 Å². The Morgan fingerprint density at radius 3 is 3.10 bits per heavy atom. The van der Waals surface area contributed by atoms with E-state index in [9.17, 15) is 5.11 Å². The molecule has 1 aliphatic rings. The summed E-state index contributed by atoms with van der Waals surface area (Å²) in [5.41, 5.74) is 1.16. The van der Waals surface area contributed by atoms with Crippen LogP contribution in [-0.2, 0) is 18.3 Å². The molecule has 2 unspecified atom stereocenters. The molecule has 0 spiro atoms. The topological polar surface area (TPSA) is 63.7 Å². The number of nitrogens with zero attached hydrogens (tertiary/aromatic N) is 3. The predicted octanol–water partition coefficient (Wildman–Crippen LogP) is 1.34. The van der Waals surface area contributed by atoms with Gasteiger partial charge in [-0.25, -0.2) is 0 Å². The molecular weight excluding hydrogens is 270 g/mol. The number of aliphatic hydroxyl groups excluding tert-OH is 1. The maximum absolute atomic E-state index is 10.3. The van der Waals surface area contributed by atoms with Gasteiger partial charge in [0.25, 0.3) is 0 Å². The van der Waals surface area contributed by atoms with Crippen molar-refractivity contribution in [2.24, 2.45) is 7.05 Å². The summed E-state index contributed by atoms with van der Waals surface area (Å²) in [6.07, 6.45) is 3.40. The van der Waals surface area contributed by atoms with E-state index in [4.69, 9.17) is 9.15 Å². The van der Waals surface area contributed by atoms with Crippen molar-refractivity contribution in [3.63, 3.8) is 0 Å². The molecule has 1 N–H and O–H groups in total. The molecule has 1 saturated heterocycles. The van der Waals surface area contributed by atoms with Gasteiger partial charge >= 0.3 is 0 Å². The number of ether oxygens (including phenoxy) is 1. The number of hydrogen-bond donors (Lipinski definition) is 1. The van der Waals surface area contributed by atoms with Gasteiger partial charge < -0.3 is 14.3 Å². The summed E-state index contributed by atoms with van der Waals surface area (Å²) in [4.78, 5) is 2.34. The Balaban J connectivity index is 1.65. The zero-order valence-corrected chi connectivity index (χ0v) is 12.2. The van der Waals surface area contributed by atoms with Gasteiger partial charge in [0.15, 0.2) is 0 Å². The minimum Gasteiger partial charge on any atom is -0.467 e. The molecule has 6 heteroatoms. The quantitative estimate of drug-likeness (QED) is 0.900. The summed E-state index contributed by atoms with van der Waals surface area (Å²) >= 11 is 0. The van der Waals surface area contributed by atoms with Crippen LogP contribution in [0, 0.1) is 0 Å². The van der Waals surface area contributed by atoms with Crippen molar-refractivity contribution < 1.29 is 14.3 Å². The molecule has 2 atom stereocenters. The Morgan fingerprint density at radius 2 is 2.38 bits per heavy atom. The minimum absolute atomic E-state index is 0.175. The molecule has 0 aromatic carbocycles. The largest absolute Gasteiger partial charge is 0.467 e. The maximum Gasteiger partial charge on any atom is 0.132 e. The molecule has 0 aliphatic carbocycles. The SMILES string of the molecule is Cn1nccc1CN1CCOCC1CC(O)c1ccco1. The van der Waals surface area contributed by atoms with E-state index in [1.54, 1.807) is 18.4 Å². The molecule has 1 aliphatic heterocycles. The fraction of sp³-hybridized carbons (Fsp3) is 0.533. The van der Waals surface area contributed by atoms with E-state index in [2.05, 4.69) is 10.00 Å². The van der Waals surface area contributed by atoms with Crippen molar-refractivity contribution in [2.45, 2.75) is 25.1 Å². The van der Waals surface area contributed by atoms with Gasteiger partial charge in [-0.05, 0) is 24.6 Å². The highest BCUT2D eigenvalue weighted by Gasteiger charge is 2.27. The highest BCUT2D eigenvalue weighted by molar-refractivity contribution is 5.04. The van der Waals surface area contributed by atoms with Crippen LogP contribution in [0.3, 0.4) is 0 Å². The molecule has 2 aromatic rings. The smallest absolute Gasteiger partial charge is 0.132 e. The summed E-state index contributed by atoms with van der Waals surface area (Å²) in [7, 11) is 1.95. The van der Waals surface area contributed by atoms with Crippen LogP contribution in [0.4, 0.5) is 0 Å². The number of aliphatic hydroxyl groups is 1. The second-order valence-corrected chi connectivity index (χ2v) is 5.41. The highest BCUT2D eigenvalue weighted by Crippen LogP contribution is 2.24. The van der Waals surface area contributed by atoms with Gasteiger partial charge in [0, 0.05) is 32.4 Å². The van der Waals surface area contributed by atoms with Crippen molar-refractivity contribution in [1.29, 1.82) is 0 Å². The normalized spacial score (nSPS) is 21.5. The Kier molecular flexibility index (Phi) is 4.38. The molecule has 0 bridgehead atoms. The summed E-state index contributed by atoms with van der Waals surface area (Å²) in [6, 6.07) is 5.80. The minimum atomic E-state index is -0.597. The molecule has 2 aromatic heterocycles. The summed E-state index contributed by atoms with van der Waals surface area (Å²) in [6.45, 7) is 3.04. The molecule has 0 saturated carbocycles. The highest BCUT2D eigenvalue weighted by atomic mass is 16.5. The second-order valence-electron chi connectivity index (χ2n) is 5.41. The molecule has 1 fully saturated rings. The van der Waals surface area contributed by atoms with Gasteiger partial charge in [0.2, 0.25) is 0 Å². The first-order valence-electron chi connectivity index (χ1n) is 7.24. The van der Waals surface area contributed by atoms with Crippen molar-refractivity contribution in [1.82, 2.24) is 14.7 Å². The summed E-state index contributed by atoms with van der Waals surface area (Å²) in [5.74, 6) is 0.612. The van der Waals surface area contributed by atoms with E-state index in [1.807, 2.05) is 24.0 Å². The van der Waals surface area contributed by atoms with Crippen molar-refractivity contribution >= 4 is 0 Å². The summed E-state index contributed by atoms with van der Waals surface area (Å²) in [5, 5.41) is 14.5. The van der Waals surface area contributed by atoms with Crippen LogP contribution in [0.1, 0.15) is 24.0 Å². The standard InChI is InChI=1S/C15H21N3O3/c1-17-12(4-5-16-17)10-18-6-8-20-11-13(18)9-14(19)15-3-2-7-21-15/h2-5,7,13-14,19H,6,8-11H2,1H3. The zero-order valence-electron chi connectivity index (χ0n) is 12.2. The summed E-state index contributed by atoms with van der Waals surface area (Å²) < 4.78 is 12.7. The van der Waals surface area contributed by atoms with Crippen LogP contribution in [0.15, 0.2) is 35.1 Å². The molecule has 6 nitrogen and oxygen atoms in total. The Labute approximate surface area is 123 Å². The number of aryl methyl sites for hydroxylation is 1. The third kappa shape index (κ3) is 3.34. The molecule has 3 rings (SSSR count). The average molecular weight is 291 g/mol. The molecular formula is C15H21N3O3. The Morgan fingerprint density at radius 1 is 1.48 bits per heavy atom. The molecule has 114 valence electrons. The van der Waals surface area contributed by atoms with Gasteiger partial charge in [-0.3, -0.25) is 9.58 Å². The third-order valence-corrected chi connectivity index (χ3v) is 4.00. The maximum atomic E-state index is 10.3. The Bertz CT molecular complexity index is 552. The van der Waals surface area contributed by atoms with Gasteiger partial charge in [-0.2, -0.15) is 5.10 Å². The van der Waals surface area contributed by atoms with E-state index in [0.717, 1.165) is 25.4 Å². The van der Waals surface area contributed by atoms with Gasteiger partial charge in [0.1, 0.15) is 11.9 Å². The first-order chi connectivity index (χ1) is 10.2. The molecule has 21 heavy (non-hydrogen) atoms. The zero-order chi connectivity index (χ0) is 14.7. The number of aromatic nitrogens is 2. The average Bonchev–Trinajstić information content (AvgIpc) is 3.13. The van der Waals surface area contributed by atoms with E-state index >= 15 is 0 Å². The van der Waals surface area contributed by atoms with Crippen LogP contribution in [0.25, 0.3) is 0 Å². The van der Waals surface area contributed by atoms with E-state index in [-0.39, 0.29) is 6.04 Å². The first-order valence-corrected chi connectivity index (χ1v) is 7.24. The number of furan rings is 1. The lowest BCUT2D eigenvalue weighted by molar-refractivity contribution is -0.0331. The second kappa shape index (κ2) is 6.43. The van der Waals surface area contributed by atoms with E-state index < -0.39 is 6.10 Å². The predicted molar refractivity (Wildman–Crippen MR) is 76.5 cm³/mol. The van der Waals surface area contributed by atoms with Gasteiger partial charge in [0.05, 0.1) is 25.2 Å². The van der Waals surface area contributed by atoms with Crippen LogP contribution in [0.5, 0.6) is 0 Å². The van der Waals surface area contributed by atoms with Crippen molar-refractivity contribution in [3.05, 3.63) is 42.1 Å². The molecule has 0 amide bonds. The monoisotopic (exact) mass is 291 g/mol. The van der Waals surface area contributed by atoms with E-state index in [0.29, 0.717) is 18.8 Å². The molecule has 3 heterocycles. The number of hydrogen-bond acceptors (Lipinski definition) is 5.